The van der Waals surface area contributed by atoms with Crippen molar-refractivity contribution < 1.29 is 0 Å². The van der Waals surface area contributed by atoms with Gasteiger partial charge in [0.25, 0.3) is 0 Å². The lowest BCUT2D eigenvalue weighted by molar-refractivity contribution is 0.730. The Labute approximate surface area is 133 Å². The van der Waals surface area contributed by atoms with Gasteiger partial charge in [-0.25, -0.2) is 14.6 Å². The van der Waals surface area contributed by atoms with E-state index in [1.54, 1.807) is 11.0 Å². The van der Waals surface area contributed by atoms with Crippen molar-refractivity contribution in [2.45, 2.75) is 12.5 Å². The smallest absolute Gasteiger partial charge is 0.225 e. The summed E-state index contributed by atoms with van der Waals surface area (Å²) >= 11 is 0. The Morgan fingerprint density at radius 2 is 2.26 bits per heavy atom. The summed E-state index contributed by atoms with van der Waals surface area (Å²) < 4.78 is 1.74. The highest BCUT2D eigenvalue weighted by Gasteiger charge is 2.25. The highest BCUT2D eigenvalue weighted by molar-refractivity contribution is 5.55. The molecule has 23 heavy (non-hydrogen) atoms. The van der Waals surface area contributed by atoms with Crippen LogP contribution in [-0.4, -0.2) is 48.8 Å². The lowest BCUT2D eigenvalue weighted by Crippen LogP contribution is -2.28. The zero-order valence-corrected chi connectivity index (χ0v) is 12.8. The van der Waals surface area contributed by atoms with Crippen LogP contribution in [0, 0.1) is 0 Å². The number of H-pyrrole nitrogens is 1. The molecule has 0 aliphatic carbocycles. The predicted octanol–water partition coefficient (Wildman–Crippen LogP) is 1.29. The summed E-state index contributed by atoms with van der Waals surface area (Å²) in [6.07, 6.45) is 6.27. The molecule has 8 nitrogen and oxygen atoms in total. The molecule has 0 saturated carbocycles. The van der Waals surface area contributed by atoms with E-state index in [0.717, 1.165) is 42.8 Å². The van der Waals surface area contributed by atoms with Crippen LogP contribution in [0.3, 0.4) is 0 Å². The van der Waals surface area contributed by atoms with Crippen LogP contribution in [-0.2, 0) is 7.05 Å². The molecule has 0 bridgehead atoms. The van der Waals surface area contributed by atoms with Gasteiger partial charge in [0, 0.05) is 38.6 Å². The second kappa shape index (κ2) is 5.71. The maximum atomic E-state index is 4.67. The van der Waals surface area contributed by atoms with E-state index in [1.807, 2.05) is 37.6 Å². The van der Waals surface area contributed by atoms with Crippen LogP contribution < -0.4 is 10.2 Å². The molecule has 1 saturated heterocycles. The number of hydrogen-bond donors (Lipinski definition) is 2. The minimum absolute atomic E-state index is 0.315. The summed E-state index contributed by atoms with van der Waals surface area (Å²) in [5, 5.41) is 7.49. The number of hydrogen-bond acceptors (Lipinski definition) is 6. The normalized spacial score (nSPS) is 17.6. The summed E-state index contributed by atoms with van der Waals surface area (Å²) in [7, 11) is 1.88. The molecule has 0 amide bonds. The van der Waals surface area contributed by atoms with E-state index in [2.05, 4.69) is 35.3 Å². The first-order valence-electron chi connectivity index (χ1n) is 7.62. The third-order valence-electron chi connectivity index (χ3n) is 4.03. The molecule has 0 aromatic carbocycles. The zero-order valence-electron chi connectivity index (χ0n) is 12.8. The van der Waals surface area contributed by atoms with E-state index in [9.17, 15) is 0 Å². The first-order valence-corrected chi connectivity index (χ1v) is 7.62. The van der Waals surface area contributed by atoms with Crippen LogP contribution in [0.15, 0.2) is 36.9 Å². The van der Waals surface area contributed by atoms with E-state index in [0.29, 0.717) is 6.04 Å². The van der Waals surface area contributed by atoms with E-state index in [-0.39, 0.29) is 0 Å². The highest BCUT2D eigenvalue weighted by atomic mass is 15.4. The molecule has 4 heterocycles. The van der Waals surface area contributed by atoms with E-state index >= 15 is 0 Å². The first-order chi connectivity index (χ1) is 11.3. The monoisotopic (exact) mass is 310 g/mol. The van der Waals surface area contributed by atoms with Crippen molar-refractivity contribution in [1.82, 2.24) is 29.7 Å². The molecule has 0 spiro atoms. The molecule has 1 atom stereocenters. The van der Waals surface area contributed by atoms with Gasteiger partial charge < -0.3 is 15.2 Å². The van der Waals surface area contributed by atoms with Crippen LogP contribution in [0.25, 0.3) is 11.4 Å². The van der Waals surface area contributed by atoms with Crippen LogP contribution in [0.1, 0.15) is 6.42 Å². The average Bonchev–Trinajstić information content (AvgIpc) is 3.31. The minimum atomic E-state index is 0.315. The number of aromatic amines is 1. The lowest BCUT2D eigenvalue weighted by Gasteiger charge is -2.17. The van der Waals surface area contributed by atoms with Crippen LogP contribution in [0.5, 0.6) is 0 Å². The molecule has 3 aromatic rings. The van der Waals surface area contributed by atoms with Gasteiger partial charge in [-0.2, -0.15) is 10.1 Å². The standard InChI is InChI=1S/C15H18N8/c1-22-14(18-10-19-22)20-11-5-8-23(9-11)15-17-7-4-13(21-15)12-3-2-6-16-12/h2-4,6-7,10-11,16H,5,8-9H2,1H3,(H,18,19,20). The molecule has 1 aliphatic rings. The number of nitrogens with one attached hydrogen (secondary N) is 2. The first kappa shape index (κ1) is 13.7. The molecule has 0 radical (unpaired) electrons. The topological polar surface area (TPSA) is 87.5 Å². The highest BCUT2D eigenvalue weighted by Crippen LogP contribution is 2.21. The van der Waals surface area contributed by atoms with Crippen molar-refractivity contribution in [1.29, 1.82) is 0 Å². The van der Waals surface area contributed by atoms with Gasteiger partial charge in [-0.05, 0) is 24.6 Å². The van der Waals surface area contributed by atoms with Crippen molar-refractivity contribution in [3.63, 3.8) is 0 Å². The Bertz CT molecular complexity index is 778. The fraction of sp³-hybridized carbons (Fsp3) is 0.333. The van der Waals surface area contributed by atoms with Crippen LogP contribution in [0.2, 0.25) is 0 Å². The molecule has 2 N–H and O–H groups in total. The SMILES string of the molecule is Cn1ncnc1NC1CCN(c2nccc(-c3ccc[nH]3)n2)C1. The van der Waals surface area contributed by atoms with Gasteiger partial charge in [0.15, 0.2) is 0 Å². The Balaban J connectivity index is 1.47. The van der Waals surface area contributed by atoms with Gasteiger partial charge in [-0.15, -0.1) is 0 Å². The summed E-state index contributed by atoms with van der Waals surface area (Å²) in [5.41, 5.74) is 1.91. The van der Waals surface area contributed by atoms with Crippen LogP contribution >= 0.6 is 0 Å². The molecular formula is C15H18N8. The van der Waals surface area contributed by atoms with Gasteiger partial charge in [-0.1, -0.05) is 0 Å². The second-order valence-corrected chi connectivity index (χ2v) is 5.61. The Morgan fingerprint density at radius 3 is 3.04 bits per heavy atom. The summed E-state index contributed by atoms with van der Waals surface area (Å²) in [5.74, 6) is 1.55. The Kier molecular flexibility index (Phi) is 3.41. The number of aromatic nitrogens is 6. The molecule has 4 rings (SSSR count). The minimum Gasteiger partial charge on any atom is -0.360 e. The van der Waals surface area contributed by atoms with E-state index in [4.69, 9.17) is 0 Å². The van der Waals surface area contributed by atoms with Gasteiger partial charge >= 0.3 is 0 Å². The number of aryl methyl sites for hydroxylation is 1. The summed E-state index contributed by atoms with van der Waals surface area (Å²) in [6, 6.07) is 6.21. The second-order valence-electron chi connectivity index (χ2n) is 5.61. The zero-order chi connectivity index (χ0) is 15.6. The molecule has 1 aliphatic heterocycles. The summed E-state index contributed by atoms with van der Waals surface area (Å²) in [4.78, 5) is 18.7. The van der Waals surface area contributed by atoms with Gasteiger partial charge in [-0.3, -0.25) is 0 Å². The maximum absolute atomic E-state index is 4.67. The van der Waals surface area contributed by atoms with E-state index < -0.39 is 0 Å². The maximum Gasteiger partial charge on any atom is 0.225 e. The van der Waals surface area contributed by atoms with Crippen LogP contribution in [0.4, 0.5) is 11.9 Å². The number of anilines is 2. The predicted molar refractivity (Wildman–Crippen MR) is 87.1 cm³/mol. The van der Waals surface area contributed by atoms with Crippen molar-refractivity contribution in [3.05, 3.63) is 36.9 Å². The fourth-order valence-corrected chi connectivity index (χ4v) is 2.81. The third-order valence-corrected chi connectivity index (χ3v) is 4.03. The van der Waals surface area contributed by atoms with Crippen molar-refractivity contribution in [2.75, 3.05) is 23.3 Å². The largest absolute Gasteiger partial charge is 0.360 e. The van der Waals surface area contributed by atoms with Crippen molar-refractivity contribution in [2.24, 2.45) is 7.05 Å². The Morgan fingerprint density at radius 1 is 1.30 bits per heavy atom. The lowest BCUT2D eigenvalue weighted by atomic mass is 10.3. The average molecular weight is 310 g/mol. The van der Waals surface area contributed by atoms with Gasteiger partial charge in [0.1, 0.15) is 6.33 Å². The molecule has 8 heteroatoms. The van der Waals surface area contributed by atoms with Crippen molar-refractivity contribution in [3.8, 4) is 11.4 Å². The number of nitrogens with zero attached hydrogens (tertiary/aromatic N) is 6. The molecule has 1 fully saturated rings. The van der Waals surface area contributed by atoms with Crippen molar-refractivity contribution >= 4 is 11.9 Å². The van der Waals surface area contributed by atoms with E-state index in [1.165, 1.54) is 0 Å². The van der Waals surface area contributed by atoms with Gasteiger partial charge in [0.05, 0.1) is 11.4 Å². The Hall–Kier alpha value is -2.90. The fourth-order valence-electron chi connectivity index (χ4n) is 2.81. The quantitative estimate of drug-likeness (QED) is 0.755. The summed E-state index contributed by atoms with van der Waals surface area (Å²) in [6.45, 7) is 1.77. The number of rotatable bonds is 4. The molecular weight excluding hydrogens is 292 g/mol. The molecule has 1 unspecified atom stereocenters. The van der Waals surface area contributed by atoms with Gasteiger partial charge in [0.2, 0.25) is 11.9 Å². The molecule has 118 valence electrons. The molecule has 3 aromatic heterocycles. The third kappa shape index (κ3) is 2.75.